The van der Waals surface area contributed by atoms with Crippen LogP contribution in [0.3, 0.4) is 0 Å². The molecule has 4 rings (SSSR count). The summed E-state index contributed by atoms with van der Waals surface area (Å²) < 4.78 is 32.8. The van der Waals surface area contributed by atoms with E-state index in [2.05, 4.69) is 4.72 Å². The molecule has 6 nitrogen and oxygen atoms in total. The molecule has 1 heterocycles. The van der Waals surface area contributed by atoms with E-state index in [-0.39, 0.29) is 10.9 Å². The fourth-order valence-corrected chi connectivity index (χ4v) is 4.20. The maximum Gasteiger partial charge on any atom is 0.331 e. The predicted octanol–water partition coefficient (Wildman–Crippen LogP) is 2.99. The van der Waals surface area contributed by atoms with E-state index < -0.39 is 16.1 Å². The summed E-state index contributed by atoms with van der Waals surface area (Å²) in [5.74, 6) is 0.892. The second-order valence-corrected chi connectivity index (χ2v) is 8.81. The molecule has 0 radical (unpaired) electrons. The molecule has 142 valence electrons. The molecule has 0 unspecified atom stereocenters. The highest BCUT2D eigenvalue weighted by molar-refractivity contribution is 7.90. The zero-order valence-electron chi connectivity index (χ0n) is 15.1. The molecule has 0 bridgehead atoms. The van der Waals surface area contributed by atoms with E-state index in [1.807, 2.05) is 25.1 Å². The number of nitrogens with one attached hydrogen (secondary N) is 1. The second-order valence-electron chi connectivity index (χ2n) is 7.12. The monoisotopic (exact) mass is 386 g/mol. The number of sulfonamides is 1. The van der Waals surface area contributed by atoms with Crippen molar-refractivity contribution in [3.05, 3.63) is 59.2 Å². The van der Waals surface area contributed by atoms with E-state index in [1.54, 1.807) is 17.0 Å². The molecule has 7 heteroatoms. The van der Waals surface area contributed by atoms with Crippen LogP contribution in [0.2, 0.25) is 0 Å². The first-order valence-corrected chi connectivity index (χ1v) is 10.6. The van der Waals surface area contributed by atoms with Gasteiger partial charge in [-0.2, -0.15) is 0 Å². The van der Waals surface area contributed by atoms with Gasteiger partial charge in [0.2, 0.25) is 0 Å². The SMILES string of the molecule is Cc1ccc(S(=O)(=O)NC(=O)N(Cc2ccc3c(c2)CCO3)C2CC2)cc1. The molecule has 0 aromatic heterocycles. The Hall–Kier alpha value is -2.54. The fraction of sp³-hybridized carbons (Fsp3) is 0.350. The van der Waals surface area contributed by atoms with Crippen LogP contribution in [0.4, 0.5) is 4.79 Å². The molecular formula is C20H22N2O4S. The second kappa shape index (κ2) is 6.88. The summed E-state index contributed by atoms with van der Waals surface area (Å²) in [5.41, 5.74) is 3.07. The minimum Gasteiger partial charge on any atom is -0.493 e. The lowest BCUT2D eigenvalue weighted by Crippen LogP contribution is -2.43. The van der Waals surface area contributed by atoms with E-state index in [4.69, 9.17) is 4.74 Å². The molecule has 0 spiro atoms. The smallest absolute Gasteiger partial charge is 0.331 e. The fourth-order valence-electron chi connectivity index (χ4n) is 3.24. The lowest BCUT2D eigenvalue weighted by molar-refractivity contribution is 0.198. The van der Waals surface area contributed by atoms with Crippen molar-refractivity contribution in [2.75, 3.05) is 6.61 Å². The van der Waals surface area contributed by atoms with Crippen LogP contribution in [0.5, 0.6) is 5.75 Å². The summed E-state index contributed by atoms with van der Waals surface area (Å²) in [7, 11) is -3.89. The Balaban J connectivity index is 1.50. The Morgan fingerprint density at radius 1 is 1.19 bits per heavy atom. The predicted molar refractivity (Wildman–Crippen MR) is 101 cm³/mol. The van der Waals surface area contributed by atoms with Crippen LogP contribution in [-0.2, 0) is 23.0 Å². The molecule has 1 aliphatic carbocycles. The number of amides is 2. The van der Waals surface area contributed by atoms with Crippen molar-refractivity contribution in [2.45, 2.75) is 43.7 Å². The molecule has 0 saturated heterocycles. The van der Waals surface area contributed by atoms with Gasteiger partial charge in [0, 0.05) is 19.0 Å². The molecule has 2 amide bonds. The van der Waals surface area contributed by atoms with Gasteiger partial charge in [0.15, 0.2) is 0 Å². The number of carbonyl (C=O) groups is 1. The Kier molecular flexibility index (Phi) is 4.55. The van der Waals surface area contributed by atoms with Gasteiger partial charge in [-0.1, -0.05) is 29.8 Å². The van der Waals surface area contributed by atoms with Crippen molar-refractivity contribution in [3.63, 3.8) is 0 Å². The highest BCUT2D eigenvalue weighted by atomic mass is 32.2. The quantitative estimate of drug-likeness (QED) is 0.857. The van der Waals surface area contributed by atoms with Crippen LogP contribution in [0, 0.1) is 6.92 Å². The summed E-state index contributed by atoms with van der Waals surface area (Å²) in [6, 6.07) is 11.8. The van der Waals surface area contributed by atoms with Crippen LogP contribution in [-0.4, -0.2) is 32.0 Å². The van der Waals surface area contributed by atoms with Crippen molar-refractivity contribution in [3.8, 4) is 5.75 Å². The molecule has 2 aromatic carbocycles. The maximum atomic E-state index is 12.7. The number of hydrogen-bond donors (Lipinski definition) is 1. The Labute approximate surface area is 159 Å². The minimum atomic E-state index is -3.89. The number of rotatable bonds is 5. The van der Waals surface area contributed by atoms with Crippen LogP contribution < -0.4 is 9.46 Å². The zero-order valence-corrected chi connectivity index (χ0v) is 16.0. The van der Waals surface area contributed by atoms with Gasteiger partial charge in [0.25, 0.3) is 10.0 Å². The lowest BCUT2D eigenvalue weighted by atomic mass is 10.1. The van der Waals surface area contributed by atoms with Gasteiger partial charge in [-0.15, -0.1) is 0 Å². The van der Waals surface area contributed by atoms with Gasteiger partial charge in [-0.3, -0.25) is 0 Å². The first-order chi connectivity index (χ1) is 12.9. The molecule has 1 fully saturated rings. The lowest BCUT2D eigenvalue weighted by Gasteiger charge is -2.23. The van der Waals surface area contributed by atoms with Gasteiger partial charge < -0.3 is 9.64 Å². The standard InChI is InChI=1S/C20H22N2O4S/c1-14-2-7-18(8-3-14)27(24,25)21-20(23)22(17-5-6-17)13-15-4-9-19-16(12-15)10-11-26-19/h2-4,7-9,12,17H,5-6,10-11,13H2,1H3,(H,21,23). The molecule has 27 heavy (non-hydrogen) atoms. The minimum absolute atomic E-state index is 0.0859. The van der Waals surface area contributed by atoms with E-state index in [0.717, 1.165) is 41.7 Å². The average molecular weight is 386 g/mol. The van der Waals surface area contributed by atoms with Gasteiger partial charge in [-0.25, -0.2) is 17.9 Å². The highest BCUT2D eigenvalue weighted by Gasteiger charge is 2.34. The number of fused-ring (bicyclic) bond motifs is 1. The van der Waals surface area contributed by atoms with Gasteiger partial charge in [0.05, 0.1) is 11.5 Å². The summed E-state index contributed by atoms with van der Waals surface area (Å²) in [5, 5.41) is 0. The van der Waals surface area contributed by atoms with E-state index >= 15 is 0 Å². The van der Waals surface area contributed by atoms with Crippen LogP contribution in [0.15, 0.2) is 47.4 Å². The number of ether oxygens (including phenoxy) is 1. The normalized spacial score (nSPS) is 15.7. The number of aryl methyl sites for hydroxylation is 1. The molecule has 1 N–H and O–H groups in total. The van der Waals surface area contributed by atoms with E-state index in [0.29, 0.717) is 13.2 Å². The van der Waals surface area contributed by atoms with Crippen molar-refractivity contribution in [2.24, 2.45) is 0 Å². The number of hydrogen-bond acceptors (Lipinski definition) is 4. The summed E-state index contributed by atoms with van der Waals surface area (Å²) in [4.78, 5) is 14.4. The van der Waals surface area contributed by atoms with Crippen molar-refractivity contribution in [1.82, 2.24) is 9.62 Å². The summed E-state index contributed by atoms with van der Waals surface area (Å²) >= 11 is 0. The zero-order chi connectivity index (χ0) is 19.0. The van der Waals surface area contributed by atoms with Gasteiger partial charge in [-0.05, 0) is 49.1 Å². The first-order valence-electron chi connectivity index (χ1n) is 9.07. The summed E-state index contributed by atoms with van der Waals surface area (Å²) in [6.45, 7) is 2.94. The third kappa shape index (κ3) is 3.93. The van der Waals surface area contributed by atoms with Crippen LogP contribution >= 0.6 is 0 Å². The number of nitrogens with zero attached hydrogens (tertiary/aromatic N) is 1. The van der Waals surface area contributed by atoms with Crippen molar-refractivity contribution in [1.29, 1.82) is 0 Å². The number of benzene rings is 2. The van der Waals surface area contributed by atoms with E-state index in [1.165, 1.54) is 12.1 Å². The molecule has 2 aromatic rings. The van der Waals surface area contributed by atoms with E-state index in [9.17, 15) is 13.2 Å². The Bertz CT molecular complexity index is 966. The largest absolute Gasteiger partial charge is 0.493 e. The molecule has 0 atom stereocenters. The molecule has 1 aliphatic heterocycles. The maximum absolute atomic E-state index is 12.7. The third-order valence-corrected chi connectivity index (χ3v) is 6.24. The average Bonchev–Trinajstić information content (AvgIpc) is 3.36. The van der Waals surface area contributed by atoms with Crippen LogP contribution in [0.1, 0.15) is 29.5 Å². The molecule has 1 saturated carbocycles. The topological polar surface area (TPSA) is 75.7 Å². The first kappa shape index (κ1) is 17.9. The van der Waals surface area contributed by atoms with Crippen LogP contribution in [0.25, 0.3) is 0 Å². The number of carbonyl (C=O) groups excluding carboxylic acids is 1. The molecule has 2 aliphatic rings. The summed E-state index contributed by atoms with van der Waals surface area (Å²) in [6.07, 6.45) is 2.65. The highest BCUT2D eigenvalue weighted by Crippen LogP contribution is 2.31. The van der Waals surface area contributed by atoms with Crippen molar-refractivity contribution < 1.29 is 17.9 Å². The Morgan fingerprint density at radius 2 is 1.93 bits per heavy atom. The van der Waals surface area contributed by atoms with Gasteiger partial charge in [0.1, 0.15) is 5.75 Å². The van der Waals surface area contributed by atoms with Crippen molar-refractivity contribution >= 4 is 16.1 Å². The Morgan fingerprint density at radius 3 is 2.63 bits per heavy atom. The third-order valence-electron chi connectivity index (χ3n) is 4.91. The molecular weight excluding hydrogens is 364 g/mol. The number of urea groups is 1. The van der Waals surface area contributed by atoms with Gasteiger partial charge >= 0.3 is 6.03 Å².